The lowest BCUT2D eigenvalue weighted by molar-refractivity contribution is 0.0698. The molecule has 0 bridgehead atoms. The average molecular weight is 196 g/mol. The van der Waals surface area contributed by atoms with E-state index in [2.05, 4.69) is 0 Å². The Balaban J connectivity index is 3.12. The van der Waals surface area contributed by atoms with Crippen molar-refractivity contribution >= 4 is 11.7 Å². The Morgan fingerprint density at radius 2 is 2.14 bits per heavy atom. The van der Waals surface area contributed by atoms with Gasteiger partial charge in [0.25, 0.3) is 0 Å². The fourth-order valence-electron chi connectivity index (χ4n) is 1.10. The zero-order valence-electron chi connectivity index (χ0n) is 7.47. The van der Waals surface area contributed by atoms with Crippen LogP contribution in [0.15, 0.2) is 18.2 Å². The summed E-state index contributed by atoms with van der Waals surface area (Å²) in [4.78, 5) is 10.7. The van der Waals surface area contributed by atoms with Gasteiger partial charge in [-0.15, -0.1) is 0 Å². The van der Waals surface area contributed by atoms with Crippen LogP contribution in [0.4, 0.5) is 5.69 Å². The summed E-state index contributed by atoms with van der Waals surface area (Å²) in [6.07, 6.45) is 0. The molecule has 0 heterocycles. The van der Waals surface area contributed by atoms with Crippen molar-refractivity contribution in [2.24, 2.45) is 5.73 Å². The molecule has 0 saturated carbocycles. The molecular formula is C9H12N2O3. The number of hydrogen-bond donors (Lipinski definition) is 4. The van der Waals surface area contributed by atoms with Crippen molar-refractivity contribution in [3.05, 3.63) is 29.3 Å². The zero-order valence-corrected chi connectivity index (χ0v) is 7.47. The van der Waals surface area contributed by atoms with Gasteiger partial charge in [0.05, 0.1) is 18.2 Å². The normalized spacial score (nSPS) is 12.4. The molecule has 5 nitrogen and oxygen atoms in total. The Hall–Kier alpha value is -1.59. The Bertz CT molecular complexity index is 352. The molecule has 1 aromatic carbocycles. The van der Waals surface area contributed by atoms with E-state index < -0.39 is 12.0 Å². The molecule has 0 fully saturated rings. The van der Waals surface area contributed by atoms with Crippen LogP contribution in [0.2, 0.25) is 0 Å². The standard InChI is InChI=1S/C9H12N2O3/c10-7-2-1-5(8(11)4-12)3-6(7)9(13)14/h1-3,8,12H,4,10-11H2,(H,13,14). The van der Waals surface area contributed by atoms with Gasteiger partial charge in [0.2, 0.25) is 0 Å². The number of nitrogens with two attached hydrogens (primary N) is 2. The maximum atomic E-state index is 10.7. The van der Waals surface area contributed by atoms with E-state index in [1.165, 1.54) is 12.1 Å². The summed E-state index contributed by atoms with van der Waals surface area (Å²) in [5.41, 5.74) is 11.7. The molecule has 1 atom stereocenters. The summed E-state index contributed by atoms with van der Waals surface area (Å²) in [7, 11) is 0. The van der Waals surface area contributed by atoms with Gasteiger partial charge in [-0.05, 0) is 17.7 Å². The second-order valence-corrected chi connectivity index (χ2v) is 2.94. The molecule has 0 spiro atoms. The molecule has 0 aromatic heterocycles. The van der Waals surface area contributed by atoms with Gasteiger partial charge < -0.3 is 21.7 Å². The average Bonchev–Trinajstić information content (AvgIpc) is 2.17. The number of rotatable bonds is 3. The summed E-state index contributed by atoms with van der Waals surface area (Å²) in [5, 5.41) is 17.5. The van der Waals surface area contributed by atoms with E-state index in [1.54, 1.807) is 6.07 Å². The molecular weight excluding hydrogens is 184 g/mol. The second-order valence-electron chi connectivity index (χ2n) is 2.94. The molecule has 0 radical (unpaired) electrons. The first-order valence-corrected chi connectivity index (χ1v) is 4.05. The van der Waals surface area contributed by atoms with E-state index in [1.807, 2.05) is 0 Å². The lowest BCUT2D eigenvalue weighted by Gasteiger charge is -2.10. The molecule has 1 aromatic rings. The third kappa shape index (κ3) is 2.01. The fraction of sp³-hybridized carbons (Fsp3) is 0.222. The molecule has 0 saturated heterocycles. The molecule has 0 amide bonds. The van der Waals surface area contributed by atoms with Crippen molar-refractivity contribution in [2.45, 2.75) is 6.04 Å². The number of carboxylic acid groups (broad SMARTS) is 1. The number of nitrogen functional groups attached to an aromatic ring is 1. The second kappa shape index (κ2) is 4.08. The number of benzene rings is 1. The highest BCUT2D eigenvalue weighted by Crippen LogP contribution is 2.17. The van der Waals surface area contributed by atoms with Crippen molar-refractivity contribution in [3.8, 4) is 0 Å². The lowest BCUT2D eigenvalue weighted by atomic mass is 10.0. The Morgan fingerprint density at radius 1 is 1.50 bits per heavy atom. The smallest absolute Gasteiger partial charge is 0.337 e. The fourth-order valence-corrected chi connectivity index (χ4v) is 1.10. The van der Waals surface area contributed by atoms with Crippen molar-refractivity contribution in [1.29, 1.82) is 0 Å². The molecule has 76 valence electrons. The Kier molecular flexibility index (Phi) is 3.06. The largest absolute Gasteiger partial charge is 0.478 e. The number of hydrogen-bond acceptors (Lipinski definition) is 4. The van der Waals surface area contributed by atoms with Gasteiger partial charge in [0, 0.05) is 5.69 Å². The van der Waals surface area contributed by atoms with Gasteiger partial charge in [-0.3, -0.25) is 0 Å². The predicted molar refractivity (Wildman–Crippen MR) is 51.8 cm³/mol. The van der Waals surface area contributed by atoms with E-state index in [4.69, 9.17) is 21.7 Å². The highest BCUT2D eigenvalue weighted by Gasteiger charge is 2.11. The van der Waals surface area contributed by atoms with Crippen molar-refractivity contribution < 1.29 is 15.0 Å². The van der Waals surface area contributed by atoms with Crippen molar-refractivity contribution in [2.75, 3.05) is 12.3 Å². The first kappa shape index (κ1) is 10.5. The minimum atomic E-state index is -1.10. The number of anilines is 1. The molecule has 0 aliphatic carbocycles. The molecule has 6 N–H and O–H groups in total. The summed E-state index contributed by atoms with van der Waals surface area (Å²) >= 11 is 0. The van der Waals surface area contributed by atoms with E-state index in [0.717, 1.165) is 0 Å². The monoisotopic (exact) mass is 196 g/mol. The van der Waals surface area contributed by atoms with Crippen LogP contribution in [0.1, 0.15) is 22.0 Å². The van der Waals surface area contributed by atoms with Gasteiger partial charge in [-0.2, -0.15) is 0 Å². The number of carboxylic acids is 1. The van der Waals surface area contributed by atoms with Crippen LogP contribution in [0.5, 0.6) is 0 Å². The van der Waals surface area contributed by atoms with Crippen molar-refractivity contribution in [1.82, 2.24) is 0 Å². The van der Waals surface area contributed by atoms with Crippen LogP contribution in [0, 0.1) is 0 Å². The lowest BCUT2D eigenvalue weighted by Crippen LogP contribution is -2.15. The molecule has 0 aliphatic rings. The van der Waals surface area contributed by atoms with E-state index in [-0.39, 0.29) is 17.9 Å². The molecule has 5 heteroatoms. The van der Waals surface area contributed by atoms with Crippen LogP contribution in [0.3, 0.4) is 0 Å². The summed E-state index contributed by atoms with van der Waals surface area (Å²) in [6, 6.07) is 3.86. The summed E-state index contributed by atoms with van der Waals surface area (Å²) < 4.78 is 0. The van der Waals surface area contributed by atoms with Crippen LogP contribution < -0.4 is 11.5 Å². The molecule has 1 unspecified atom stereocenters. The van der Waals surface area contributed by atoms with Gasteiger partial charge in [0.1, 0.15) is 0 Å². The Labute approximate surface area is 81.0 Å². The van der Waals surface area contributed by atoms with E-state index in [9.17, 15) is 4.79 Å². The van der Waals surface area contributed by atoms with Gasteiger partial charge in [0.15, 0.2) is 0 Å². The minimum absolute atomic E-state index is 0.00593. The Morgan fingerprint density at radius 3 is 2.64 bits per heavy atom. The number of aromatic carboxylic acids is 1. The SMILES string of the molecule is Nc1ccc(C(N)CO)cc1C(=O)O. The third-order valence-corrected chi connectivity index (χ3v) is 1.93. The maximum absolute atomic E-state index is 10.7. The van der Waals surface area contributed by atoms with Gasteiger partial charge in [-0.25, -0.2) is 4.79 Å². The number of aliphatic hydroxyl groups excluding tert-OH is 1. The van der Waals surface area contributed by atoms with Gasteiger partial charge in [-0.1, -0.05) is 6.07 Å². The van der Waals surface area contributed by atoms with Crippen molar-refractivity contribution in [3.63, 3.8) is 0 Å². The highest BCUT2D eigenvalue weighted by molar-refractivity contribution is 5.93. The minimum Gasteiger partial charge on any atom is -0.478 e. The van der Waals surface area contributed by atoms with E-state index >= 15 is 0 Å². The summed E-state index contributed by atoms with van der Waals surface area (Å²) in [6.45, 7) is -0.233. The molecule has 1 rings (SSSR count). The number of carbonyl (C=O) groups is 1. The van der Waals surface area contributed by atoms with Crippen LogP contribution in [0.25, 0.3) is 0 Å². The predicted octanol–water partition coefficient (Wildman–Crippen LogP) is -0.0409. The first-order valence-electron chi connectivity index (χ1n) is 4.05. The molecule has 14 heavy (non-hydrogen) atoms. The van der Waals surface area contributed by atoms with Crippen LogP contribution >= 0.6 is 0 Å². The summed E-state index contributed by atoms with van der Waals surface area (Å²) in [5.74, 6) is -1.10. The highest BCUT2D eigenvalue weighted by atomic mass is 16.4. The number of aliphatic hydroxyl groups is 1. The van der Waals surface area contributed by atoms with Crippen LogP contribution in [-0.2, 0) is 0 Å². The third-order valence-electron chi connectivity index (χ3n) is 1.93. The molecule has 0 aliphatic heterocycles. The van der Waals surface area contributed by atoms with E-state index in [0.29, 0.717) is 5.56 Å². The zero-order chi connectivity index (χ0) is 10.7. The topological polar surface area (TPSA) is 110 Å². The maximum Gasteiger partial charge on any atom is 0.337 e. The first-order chi connectivity index (χ1) is 6.56. The van der Waals surface area contributed by atoms with Gasteiger partial charge >= 0.3 is 5.97 Å². The van der Waals surface area contributed by atoms with Crippen LogP contribution in [-0.4, -0.2) is 22.8 Å². The quantitative estimate of drug-likeness (QED) is 0.507.